The summed E-state index contributed by atoms with van der Waals surface area (Å²) in [5.41, 5.74) is 4.90. The number of amidine groups is 1. The minimum absolute atomic E-state index is 0.00557. The highest BCUT2D eigenvalue weighted by Crippen LogP contribution is 2.30. The van der Waals surface area contributed by atoms with E-state index in [1.54, 1.807) is 6.08 Å². The largest absolute Gasteiger partial charge is 0.439 e. The van der Waals surface area contributed by atoms with Crippen LogP contribution in [0.1, 0.15) is 58.9 Å². The number of benzene rings is 2. The van der Waals surface area contributed by atoms with E-state index < -0.39 is 5.76 Å². The summed E-state index contributed by atoms with van der Waals surface area (Å²) in [4.78, 5) is 34.1. The van der Waals surface area contributed by atoms with E-state index >= 15 is 0 Å². The highest BCUT2D eigenvalue weighted by atomic mass is 16.5. The van der Waals surface area contributed by atoms with E-state index in [9.17, 15) is 9.59 Å². The molecule has 0 radical (unpaired) electrons. The fraction of sp³-hybridized carbons (Fsp3) is 0.379. The van der Waals surface area contributed by atoms with Gasteiger partial charge in [-0.05, 0) is 40.5 Å². The molecular weight excluding hydrogens is 452 g/mol. The number of amides is 1. The quantitative estimate of drug-likeness (QED) is 0.423. The van der Waals surface area contributed by atoms with Crippen LogP contribution in [0.2, 0.25) is 0 Å². The van der Waals surface area contributed by atoms with Gasteiger partial charge in [0, 0.05) is 18.1 Å². The van der Waals surface area contributed by atoms with Gasteiger partial charge in [0.05, 0.1) is 13.1 Å². The molecule has 36 heavy (non-hydrogen) atoms. The molecular formula is C29H34N4O3. The van der Waals surface area contributed by atoms with Crippen molar-refractivity contribution in [1.82, 2.24) is 15.0 Å². The maximum Gasteiger partial charge on any atom is 0.439 e. The fourth-order valence-corrected chi connectivity index (χ4v) is 4.47. The van der Waals surface area contributed by atoms with Crippen LogP contribution in [0.4, 0.5) is 0 Å². The molecule has 0 fully saturated rings. The van der Waals surface area contributed by atoms with Crippen LogP contribution in [0, 0.1) is 5.41 Å². The molecule has 4 rings (SSSR count). The van der Waals surface area contributed by atoms with Gasteiger partial charge in [0.25, 0.3) is 5.91 Å². The number of nitrogens with zero attached hydrogens (tertiary/aromatic N) is 3. The monoisotopic (exact) mass is 486 g/mol. The minimum atomic E-state index is -0.586. The van der Waals surface area contributed by atoms with Gasteiger partial charge in [-0.15, -0.1) is 0 Å². The average Bonchev–Trinajstić information content (AvgIpc) is 3.22. The van der Waals surface area contributed by atoms with Gasteiger partial charge in [-0.3, -0.25) is 24.2 Å². The van der Waals surface area contributed by atoms with E-state index in [0.717, 1.165) is 59.3 Å². The summed E-state index contributed by atoms with van der Waals surface area (Å²) >= 11 is 0. The fourth-order valence-electron chi connectivity index (χ4n) is 4.47. The van der Waals surface area contributed by atoms with Crippen LogP contribution in [-0.2, 0) is 11.3 Å². The normalized spacial score (nSPS) is 14.4. The number of aliphatic imine (C=N–C) groups is 1. The zero-order valence-electron chi connectivity index (χ0n) is 21.5. The van der Waals surface area contributed by atoms with Crippen molar-refractivity contribution in [3.05, 3.63) is 76.3 Å². The summed E-state index contributed by atoms with van der Waals surface area (Å²) in [7, 11) is 0. The lowest BCUT2D eigenvalue weighted by atomic mass is 9.88. The number of carbonyl (C=O) groups is 1. The van der Waals surface area contributed by atoms with Crippen molar-refractivity contribution in [2.75, 3.05) is 6.54 Å². The van der Waals surface area contributed by atoms with Gasteiger partial charge in [-0.25, -0.2) is 4.79 Å². The SMILES string of the molecule is CCCCC1=NCC(CC(C)(C)C)=CC(=O)N1Cc1ccc(-c2ccccc2-c2noc(=O)[nH]2)cc1. The number of rotatable bonds is 8. The third-order valence-corrected chi connectivity index (χ3v) is 6.11. The molecule has 0 saturated heterocycles. The van der Waals surface area contributed by atoms with Crippen molar-refractivity contribution in [1.29, 1.82) is 0 Å². The first-order valence-corrected chi connectivity index (χ1v) is 12.5. The smallest absolute Gasteiger partial charge is 0.296 e. The van der Waals surface area contributed by atoms with Gasteiger partial charge in [-0.2, -0.15) is 0 Å². The Morgan fingerprint density at radius 2 is 1.75 bits per heavy atom. The summed E-state index contributed by atoms with van der Waals surface area (Å²) < 4.78 is 4.69. The third-order valence-electron chi connectivity index (χ3n) is 6.11. The van der Waals surface area contributed by atoms with E-state index in [-0.39, 0.29) is 11.3 Å². The predicted molar refractivity (Wildman–Crippen MR) is 143 cm³/mol. The Kier molecular flexibility index (Phi) is 7.67. The molecule has 188 valence electrons. The molecule has 0 unspecified atom stereocenters. The number of aromatic amines is 1. The summed E-state index contributed by atoms with van der Waals surface area (Å²) in [5, 5.41) is 3.84. The number of nitrogens with one attached hydrogen (secondary N) is 1. The van der Waals surface area contributed by atoms with Gasteiger partial charge < -0.3 is 0 Å². The van der Waals surface area contributed by atoms with Crippen molar-refractivity contribution in [2.24, 2.45) is 10.4 Å². The van der Waals surface area contributed by atoms with E-state index in [2.05, 4.69) is 37.8 Å². The number of hydrogen-bond donors (Lipinski definition) is 1. The lowest BCUT2D eigenvalue weighted by Crippen LogP contribution is -2.34. The average molecular weight is 487 g/mol. The van der Waals surface area contributed by atoms with Gasteiger partial charge in [-0.1, -0.05) is 87.8 Å². The third kappa shape index (κ3) is 6.27. The second kappa shape index (κ2) is 10.9. The van der Waals surface area contributed by atoms with Crippen molar-refractivity contribution in [2.45, 2.75) is 59.9 Å². The Hall–Kier alpha value is -3.74. The van der Waals surface area contributed by atoms with Crippen LogP contribution in [-0.4, -0.2) is 33.3 Å². The Morgan fingerprint density at radius 3 is 2.39 bits per heavy atom. The van der Waals surface area contributed by atoms with Gasteiger partial charge in [0.2, 0.25) is 0 Å². The van der Waals surface area contributed by atoms with Crippen molar-refractivity contribution in [3.63, 3.8) is 0 Å². The second-order valence-electron chi connectivity index (χ2n) is 10.5. The molecule has 3 aromatic rings. The second-order valence-corrected chi connectivity index (χ2v) is 10.5. The minimum Gasteiger partial charge on any atom is -0.296 e. The first-order valence-electron chi connectivity index (χ1n) is 12.5. The van der Waals surface area contributed by atoms with Gasteiger partial charge in [0.1, 0.15) is 5.84 Å². The zero-order chi connectivity index (χ0) is 25.7. The molecule has 1 aliphatic heterocycles. The van der Waals surface area contributed by atoms with Crippen LogP contribution in [0.3, 0.4) is 0 Å². The lowest BCUT2D eigenvalue weighted by molar-refractivity contribution is -0.122. The maximum absolute atomic E-state index is 13.3. The molecule has 2 heterocycles. The molecule has 0 bridgehead atoms. The van der Waals surface area contributed by atoms with Crippen LogP contribution < -0.4 is 5.76 Å². The van der Waals surface area contributed by atoms with Crippen LogP contribution >= 0.6 is 0 Å². The van der Waals surface area contributed by atoms with Crippen molar-refractivity contribution >= 4 is 11.7 Å². The Labute approximate surface area is 211 Å². The first kappa shape index (κ1) is 25.4. The highest BCUT2D eigenvalue weighted by Gasteiger charge is 2.23. The Morgan fingerprint density at radius 1 is 1.03 bits per heavy atom. The van der Waals surface area contributed by atoms with Gasteiger partial charge in [0.15, 0.2) is 5.82 Å². The molecule has 7 heteroatoms. The molecule has 1 aliphatic rings. The standard InChI is InChI=1S/C29H34N4O3/c1-5-6-11-25-30-18-21(17-29(2,3)4)16-26(34)33(25)19-20-12-14-22(15-13-20)23-9-7-8-10-24(23)27-31-28(35)36-32-27/h7-10,12-16H,5-6,11,17-19H2,1-4H3,(H,31,32,35). The van der Waals surface area contributed by atoms with E-state index in [0.29, 0.717) is 18.9 Å². The number of aromatic nitrogens is 2. The Balaban J connectivity index is 1.58. The summed E-state index contributed by atoms with van der Waals surface area (Å²) in [5.74, 6) is 0.680. The first-order chi connectivity index (χ1) is 17.2. The summed E-state index contributed by atoms with van der Waals surface area (Å²) in [6.45, 7) is 9.75. The van der Waals surface area contributed by atoms with Gasteiger partial charge >= 0.3 is 5.76 Å². The van der Waals surface area contributed by atoms with Crippen molar-refractivity contribution < 1.29 is 9.32 Å². The van der Waals surface area contributed by atoms with Crippen LogP contribution in [0.25, 0.3) is 22.5 Å². The van der Waals surface area contributed by atoms with Crippen LogP contribution in [0.5, 0.6) is 0 Å². The molecule has 0 atom stereocenters. The number of carbonyl (C=O) groups excluding carboxylic acids is 1. The molecule has 0 saturated carbocycles. The number of unbranched alkanes of at least 4 members (excludes halogenated alkanes) is 1. The summed E-state index contributed by atoms with van der Waals surface area (Å²) in [6, 6.07) is 15.8. The van der Waals surface area contributed by atoms with Crippen molar-refractivity contribution in [3.8, 4) is 22.5 Å². The summed E-state index contributed by atoms with van der Waals surface area (Å²) in [6.07, 6.45) is 5.48. The molecule has 1 N–H and O–H groups in total. The lowest BCUT2D eigenvalue weighted by Gasteiger charge is -2.23. The topological polar surface area (TPSA) is 91.6 Å². The molecule has 2 aromatic carbocycles. The zero-order valence-corrected chi connectivity index (χ0v) is 21.5. The molecule has 1 amide bonds. The van der Waals surface area contributed by atoms with Crippen LogP contribution in [0.15, 0.2) is 74.5 Å². The number of H-pyrrole nitrogens is 1. The molecule has 7 nitrogen and oxygen atoms in total. The molecule has 1 aromatic heterocycles. The predicted octanol–water partition coefficient (Wildman–Crippen LogP) is 5.99. The van der Waals surface area contributed by atoms with E-state index in [1.807, 2.05) is 53.4 Å². The van der Waals surface area contributed by atoms with E-state index in [1.165, 1.54) is 0 Å². The van der Waals surface area contributed by atoms with E-state index in [4.69, 9.17) is 9.52 Å². The highest BCUT2D eigenvalue weighted by molar-refractivity contribution is 6.04. The Bertz CT molecular complexity index is 1320. The molecule has 0 spiro atoms. The maximum atomic E-state index is 13.3. The molecule has 0 aliphatic carbocycles. The number of hydrogen-bond acceptors (Lipinski definition) is 5.